The van der Waals surface area contributed by atoms with Crippen molar-refractivity contribution in [2.24, 2.45) is 0 Å². The zero-order valence-corrected chi connectivity index (χ0v) is 45.0. The van der Waals surface area contributed by atoms with Crippen LogP contribution in [-0.4, -0.2) is 19.5 Å². The van der Waals surface area contributed by atoms with Crippen molar-refractivity contribution in [1.29, 1.82) is 0 Å². The van der Waals surface area contributed by atoms with E-state index in [1.165, 1.54) is 42.0 Å². The Hall–Kier alpha value is -10.9. The molecule has 18 aromatic rings. The van der Waals surface area contributed by atoms with Crippen LogP contribution in [0.5, 0.6) is 0 Å². The highest BCUT2D eigenvalue weighted by Gasteiger charge is 2.23. The zero-order valence-electron chi connectivity index (χ0n) is 44.2. The summed E-state index contributed by atoms with van der Waals surface area (Å²) in [7, 11) is 0. The highest BCUT2D eigenvalue weighted by atomic mass is 32.1. The van der Waals surface area contributed by atoms with Crippen molar-refractivity contribution in [3.8, 4) is 73.2 Å². The summed E-state index contributed by atoms with van der Waals surface area (Å²) >= 11 is 1.83. The second-order valence-electron chi connectivity index (χ2n) is 21.4. The van der Waals surface area contributed by atoms with Crippen LogP contribution in [0.4, 0.5) is 0 Å². The van der Waals surface area contributed by atoms with Crippen molar-refractivity contribution in [2.75, 3.05) is 0 Å². The van der Waals surface area contributed by atoms with Crippen LogP contribution in [0.15, 0.2) is 268 Å². The molecule has 0 amide bonds. The SMILES string of the molecule is c1ccc(-c2nc(-c3ccc4c(c3)oc3cc(-c5cccc6sc7ccccc7c56)ccc34)nc(-c3cccc4oc5ccc(-c6cc(-c7ccc8c9ccccc9n(-c9ccccc9)c8c7)cc7oc8ccccc8c67)cc5c34)n2)cc1. The number of hydrogen-bond acceptors (Lipinski definition) is 7. The maximum atomic E-state index is 6.77. The third-order valence-electron chi connectivity index (χ3n) is 16.7. The molecule has 6 aromatic heterocycles. The first-order valence-electron chi connectivity index (χ1n) is 27.8. The molecule has 6 heterocycles. The molecule has 7 nitrogen and oxygen atoms in total. The van der Waals surface area contributed by atoms with Crippen LogP contribution in [0.25, 0.3) is 181 Å². The average molecular weight is 1080 g/mol. The molecule has 0 spiro atoms. The van der Waals surface area contributed by atoms with Gasteiger partial charge in [0.25, 0.3) is 0 Å². The minimum atomic E-state index is 0.533. The van der Waals surface area contributed by atoms with Crippen LogP contribution in [0.3, 0.4) is 0 Å². The van der Waals surface area contributed by atoms with Gasteiger partial charge >= 0.3 is 0 Å². The van der Waals surface area contributed by atoms with Crippen LogP contribution in [0.1, 0.15) is 0 Å². The quantitative estimate of drug-likeness (QED) is 0.158. The number of benzene rings is 12. The average Bonchev–Trinajstić information content (AvgIpc) is 3.43. The van der Waals surface area contributed by atoms with Crippen LogP contribution in [-0.2, 0) is 0 Å². The van der Waals surface area contributed by atoms with Gasteiger partial charge in [0.15, 0.2) is 17.5 Å². The predicted octanol–water partition coefficient (Wildman–Crippen LogP) is 21.0. The maximum absolute atomic E-state index is 6.77. The van der Waals surface area contributed by atoms with Gasteiger partial charge in [0.1, 0.15) is 33.5 Å². The van der Waals surface area contributed by atoms with Crippen molar-refractivity contribution < 1.29 is 13.3 Å². The summed E-state index contributed by atoms with van der Waals surface area (Å²) in [6.07, 6.45) is 0. The number of thiophene rings is 1. The Labute approximate surface area is 477 Å². The normalized spacial score (nSPS) is 12.1. The minimum Gasteiger partial charge on any atom is -0.456 e. The van der Waals surface area contributed by atoms with Crippen molar-refractivity contribution in [3.63, 3.8) is 0 Å². The lowest BCUT2D eigenvalue weighted by Gasteiger charge is -2.11. The number of furan rings is 3. The van der Waals surface area contributed by atoms with Gasteiger partial charge < -0.3 is 17.8 Å². The molecule has 0 radical (unpaired) electrons. The maximum Gasteiger partial charge on any atom is 0.164 e. The number of fused-ring (bicyclic) bond motifs is 15. The van der Waals surface area contributed by atoms with Crippen LogP contribution >= 0.6 is 11.3 Å². The third kappa shape index (κ3) is 7.13. The number of hydrogen-bond donors (Lipinski definition) is 0. The highest BCUT2D eigenvalue weighted by Crippen LogP contribution is 2.46. The number of aromatic nitrogens is 4. The highest BCUT2D eigenvalue weighted by molar-refractivity contribution is 7.26. The first kappa shape index (κ1) is 45.9. The molecule has 0 fully saturated rings. The Bertz CT molecular complexity index is 5710. The Kier molecular flexibility index (Phi) is 9.83. The first-order chi connectivity index (χ1) is 41.1. The summed E-state index contributed by atoms with van der Waals surface area (Å²) in [5.74, 6) is 1.63. The van der Waals surface area contributed by atoms with Gasteiger partial charge in [-0.2, -0.15) is 0 Å². The number of rotatable bonds is 7. The summed E-state index contributed by atoms with van der Waals surface area (Å²) < 4.78 is 25.2. The molecule has 0 saturated carbocycles. The standard InChI is InChI=1S/C75H42N4O3S/c1-3-15-43(16-4-1)73-76-74(47-31-35-54-53-34-30-46(40-65(53)82-66(54)41-47)50-22-14-28-69-72(50)56-21-9-12-27-68(56)83-69)78-75(77-73)57-23-13-26-64-71(57)59-37-45(32-36-63(59)80-64)58-38-48(42-67-70(58)55-20-8-11-25-62(55)81-67)44-29-33-52-51-19-7-10-24-60(51)79(61(52)39-44)49-17-5-2-6-18-49/h1-42H. The second-order valence-corrected chi connectivity index (χ2v) is 22.5. The fourth-order valence-corrected chi connectivity index (χ4v) is 14.0. The van der Waals surface area contributed by atoms with Crippen LogP contribution < -0.4 is 0 Å². The Morgan fingerprint density at radius 1 is 0.265 bits per heavy atom. The zero-order chi connectivity index (χ0) is 54.3. The molecule has 0 aliphatic heterocycles. The lowest BCUT2D eigenvalue weighted by atomic mass is 9.93. The summed E-state index contributed by atoms with van der Waals surface area (Å²) in [4.78, 5) is 15.8. The topological polar surface area (TPSA) is 83.0 Å². The van der Waals surface area contributed by atoms with E-state index < -0.39 is 0 Å². The van der Waals surface area contributed by atoms with Gasteiger partial charge in [-0.15, -0.1) is 11.3 Å². The van der Waals surface area contributed by atoms with Gasteiger partial charge in [0.05, 0.1) is 11.0 Å². The Morgan fingerprint density at radius 2 is 0.831 bits per heavy atom. The van der Waals surface area contributed by atoms with Gasteiger partial charge in [-0.1, -0.05) is 158 Å². The molecule has 0 saturated heterocycles. The van der Waals surface area contributed by atoms with Crippen molar-refractivity contribution in [3.05, 3.63) is 255 Å². The molecule has 0 bridgehead atoms. The largest absolute Gasteiger partial charge is 0.456 e. The predicted molar refractivity (Wildman–Crippen MR) is 342 cm³/mol. The van der Waals surface area contributed by atoms with E-state index in [0.717, 1.165) is 122 Å². The molecule has 0 aliphatic rings. The molecule has 0 atom stereocenters. The van der Waals surface area contributed by atoms with E-state index in [1.807, 2.05) is 65.9 Å². The van der Waals surface area contributed by atoms with E-state index in [-0.39, 0.29) is 0 Å². The van der Waals surface area contributed by atoms with Crippen LogP contribution in [0, 0.1) is 0 Å². The molecule has 0 aliphatic carbocycles. The fraction of sp³-hybridized carbons (Fsp3) is 0. The summed E-state index contributed by atoms with van der Waals surface area (Å²) in [6, 6.07) is 89.7. The monoisotopic (exact) mass is 1080 g/mol. The molecule has 83 heavy (non-hydrogen) atoms. The Balaban J connectivity index is 0.787. The molecule has 0 N–H and O–H groups in total. The molecule has 8 heteroatoms. The number of nitrogens with zero attached hydrogens (tertiary/aromatic N) is 4. The van der Waals surface area contributed by atoms with Gasteiger partial charge in [0, 0.05) is 85.6 Å². The molecular formula is C75H42N4O3S. The molecule has 12 aromatic carbocycles. The van der Waals surface area contributed by atoms with Gasteiger partial charge in [-0.25, -0.2) is 15.0 Å². The van der Waals surface area contributed by atoms with E-state index in [9.17, 15) is 0 Å². The van der Waals surface area contributed by atoms with Gasteiger partial charge in [-0.05, 0) is 130 Å². The van der Waals surface area contributed by atoms with Crippen LogP contribution in [0.2, 0.25) is 0 Å². The molecular weight excluding hydrogens is 1040 g/mol. The molecule has 0 unspecified atom stereocenters. The lowest BCUT2D eigenvalue weighted by molar-refractivity contribution is 0.668. The van der Waals surface area contributed by atoms with Crippen molar-refractivity contribution in [1.82, 2.24) is 19.5 Å². The van der Waals surface area contributed by atoms with E-state index in [1.54, 1.807) is 0 Å². The lowest BCUT2D eigenvalue weighted by Crippen LogP contribution is -2.00. The van der Waals surface area contributed by atoms with E-state index in [4.69, 9.17) is 28.2 Å². The molecule has 386 valence electrons. The second kappa shape index (κ2) is 17.8. The molecule has 18 rings (SSSR count). The van der Waals surface area contributed by atoms with E-state index >= 15 is 0 Å². The fourth-order valence-electron chi connectivity index (χ4n) is 12.9. The third-order valence-corrected chi connectivity index (χ3v) is 17.8. The minimum absolute atomic E-state index is 0.533. The van der Waals surface area contributed by atoms with E-state index in [0.29, 0.717) is 17.5 Å². The van der Waals surface area contributed by atoms with E-state index in [2.05, 4.69) is 205 Å². The number of para-hydroxylation sites is 3. The van der Waals surface area contributed by atoms with Crippen molar-refractivity contribution >= 4 is 119 Å². The van der Waals surface area contributed by atoms with Gasteiger partial charge in [0.2, 0.25) is 0 Å². The van der Waals surface area contributed by atoms with Crippen molar-refractivity contribution in [2.45, 2.75) is 0 Å². The Morgan fingerprint density at radius 3 is 1.70 bits per heavy atom. The summed E-state index contributed by atoms with van der Waals surface area (Å²) in [6.45, 7) is 0. The first-order valence-corrected chi connectivity index (χ1v) is 28.6. The van der Waals surface area contributed by atoms with Gasteiger partial charge in [-0.3, -0.25) is 0 Å². The summed E-state index contributed by atoms with van der Waals surface area (Å²) in [5.41, 5.74) is 17.2. The summed E-state index contributed by atoms with van der Waals surface area (Å²) in [5, 5.41) is 11.0. The smallest absolute Gasteiger partial charge is 0.164 e.